The lowest BCUT2D eigenvalue weighted by atomic mass is 10.0. The molecule has 0 saturated carbocycles. The van der Waals surface area contributed by atoms with E-state index in [0.717, 1.165) is 38.8 Å². The molecule has 0 spiro atoms. The summed E-state index contributed by atoms with van der Waals surface area (Å²) in [7, 11) is 1.61. The van der Waals surface area contributed by atoms with Gasteiger partial charge >= 0.3 is 6.09 Å². The van der Waals surface area contributed by atoms with Gasteiger partial charge in [-0.25, -0.2) is 4.79 Å². The van der Waals surface area contributed by atoms with E-state index in [-0.39, 0.29) is 6.61 Å². The average Bonchev–Trinajstić information content (AvgIpc) is 3.21. The average molecular weight is 591 g/mol. The fourth-order valence-corrected chi connectivity index (χ4v) is 6.32. The monoisotopic (exact) mass is 590 g/mol. The Hall–Kier alpha value is -1.91. The molecule has 238 valence electrons. The molecular weight excluding hydrogens is 536 g/mol. The highest BCUT2D eigenvalue weighted by Crippen LogP contribution is 2.47. The first-order chi connectivity index (χ1) is 20.3. The summed E-state index contributed by atoms with van der Waals surface area (Å²) >= 11 is 0. The van der Waals surface area contributed by atoms with Crippen LogP contribution in [0.25, 0.3) is 0 Å². The Morgan fingerprint density at radius 3 is 2.29 bits per heavy atom. The number of carbonyl (C=O) groups is 1. The van der Waals surface area contributed by atoms with Crippen LogP contribution >= 0.6 is 0 Å². The molecule has 4 atom stereocenters. The molecule has 1 amide bonds. The normalized spacial score (nSPS) is 27.4. The molecule has 3 aliphatic heterocycles. The van der Waals surface area contributed by atoms with Crippen LogP contribution in [0.15, 0.2) is 24.3 Å². The van der Waals surface area contributed by atoms with Crippen LogP contribution < -0.4 is 10.1 Å². The van der Waals surface area contributed by atoms with E-state index in [0.29, 0.717) is 24.6 Å². The number of ether oxygens (including phenoxy) is 6. The van der Waals surface area contributed by atoms with Crippen molar-refractivity contribution in [2.24, 2.45) is 0 Å². The van der Waals surface area contributed by atoms with Crippen LogP contribution in [-0.2, 0) is 23.7 Å². The Bertz CT molecular complexity index is 935. The Kier molecular flexibility index (Phi) is 12.8. The van der Waals surface area contributed by atoms with Crippen LogP contribution in [-0.4, -0.2) is 80.8 Å². The first-order valence-corrected chi connectivity index (χ1v) is 16.3. The molecule has 3 heterocycles. The molecule has 0 unspecified atom stereocenters. The van der Waals surface area contributed by atoms with Gasteiger partial charge in [-0.3, -0.25) is 5.32 Å². The van der Waals surface area contributed by atoms with Crippen LogP contribution in [0.3, 0.4) is 0 Å². The predicted octanol–water partition coefficient (Wildman–Crippen LogP) is 6.89. The van der Waals surface area contributed by atoms with Gasteiger partial charge in [0, 0.05) is 18.8 Å². The summed E-state index contributed by atoms with van der Waals surface area (Å²) in [4.78, 5) is 15.6. The molecule has 9 nitrogen and oxygen atoms in total. The molecule has 1 aromatic carbocycles. The lowest BCUT2D eigenvalue weighted by Crippen LogP contribution is -2.46. The molecule has 1 N–H and O–H groups in total. The minimum atomic E-state index is -1.13. The molecule has 1 aromatic rings. The second-order valence-corrected chi connectivity index (χ2v) is 12.5. The van der Waals surface area contributed by atoms with E-state index < -0.39 is 36.0 Å². The Labute approximate surface area is 252 Å². The molecule has 0 bridgehead atoms. The number of unbranched alkanes of at least 4 members (excludes halogenated alkanes) is 7. The third kappa shape index (κ3) is 9.55. The third-order valence-corrected chi connectivity index (χ3v) is 8.44. The SMILES string of the molecule is CCCCCCCCCCOC[C@@]12O[C@@H](CN3CCCCCC3)[C@@H](OC(=O)Nc3ccc(OC)cc3)[C@@H]1OC(C)(C)O2. The van der Waals surface area contributed by atoms with Crippen molar-refractivity contribution in [1.82, 2.24) is 4.90 Å². The molecule has 0 aromatic heterocycles. The Morgan fingerprint density at radius 2 is 1.62 bits per heavy atom. The number of benzene rings is 1. The molecule has 3 fully saturated rings. The summed E-state index contributed by atoms with van der Waals surface area (Å²) in [6.07, 6.45) is 12.5. The first-order valence-electron chi connectivity index (χ1n) is 16.3. The number of nitrogens with zero attached hydrogens (tertiary/aromatic N) is 1. The third-order valence-electron chi connectivity index (χ3n) is 8.44. The van der Waals surface area contributed by atoms with Gasteiger partial charge in [-0.05, 0) is 70.5 Å². The van der Waals surface area contributed by atoms with Gasteiger partial charge in [0.15, 0.2) is 18.0 Å². The molecule has 0 radical (unpaired) electrons. The topological polar surface area (TPSA) is 87.7 Å². The van der Waals surface area contributed by atoms with E-state index >= 15 is 0 Å². The molecule has 3 aliphatic rings. The number of carbonyl (C=O) groups excluding carboxylic acids is 1. The fourth-order valence-electron chi connectivity index (χ4n) is 6.32. The van der Waals surface area contributed by atoms with Gasteiger partial charge in [-0.2, -0.15) is 0 Å². The molecule has 42 heavy (non-hydrogen) atoms. The molecule has 0 aliphatic carbocycles. The lowest BCUT2D eigenvalue weighted by Gasteiger charge is -2.31. The largest absolute Gasteiger partial charge is 0.497 e. The number of amides is 1. The highest BCUT2D eigenvalue weighted by Gasteiger charge is 2.66. The van der Waals surface area contributed by atoms with Crippen molar-refractivity contribution in [3.8, 4) is 5.75 Å². The summed E-state index contributed by atoms with van der Waals surface area (Å²) in [6.45, 7) is 9.50. The van der Waals surface area contributed by atoms with Crippen molar-refractivity contribution in [1.29, 1.82) is 0 Å². The van der Waals surface area contributed by atoms with Crippen LogP contribution in [0.5, 0.6) is 5.75 Å². The number of hydrogen-bond donors (Lipinski definition) is 1. The summed E-state index contributed by atoms with van der Waals surface area (Å²) in [6, 6.07) is 7.15. The maximum atomic E-state index is 13.2. The fraction of sp³-hybridized carbons (Fsp3) is 0.788. The number of methoxy groups -OCH3 is 1. The number of anilines is 1. The van der Waals surface area contributed by atoms with E-state index in [4.69, 9.17) is 28.4 Å². The number of rotatable bonds is 16. The highest BCUT2D eigenvalue weighted by atomic mass is 16.9. The van der Waals surface area contributed by atoms with Crippen molar-refractivity contribution in [3.63, 3.8) is 0 Å². The van der Waals surface area contributed by atoms with Crippen molar-refractivity contribution in [2.75, 3.05) is 45.3 Å². The van der Waals surface area contributed by atoms with E-state index in [1.165, 1.54) is 51.4 Å². The number of fused-ring (bicyclic) bond motifs is 1. The molecular formula is C33H54N2O7. The first kappa shape index (κ1) is 33.0. The van der Waals surface area contributed by atoms with Crippen molar-refractivity contribution in [2.45, 2.75) is 128 Å². The zero-order chi connectivity index (χ0) is 29.8. The highest BCUT2D eigenvalue weighted by molar-refractivity contribution is 5.84. The summed E-state index contributed by atoms with van der Waals surface area (Å²) in [5.74, 6) is -1.31. The quantitative estimate of drug-likeness (QED) is 0.208. The standard InChI is InChI=1S/C33H54N2O7/c1-5-6-7-8-9-10-13-16-23-38-25-33-30(41-32(2,3)42-33)29(28(40-33)24-35-21-14-11-12-15-22-35)39-31(36)34-26-17-19-27(37-4)20-18-26/h17-20,28-30H,5-16,21-25H2,1-4H3,(H,34,36)/t28-,29+,30-,33-/m0/s1. The van der Waals surface area contributed by atoms with Gasteiger partial charge in [0.25, 0.3) is 0 Å². The summed E-state index contributed by atoms with van der Waals surface area (Å²) in [5, 5.41) is 2.84. The minimum absolute atomic E-state index is 0.230. The van der Waals surface area contributed by atoms with E-state index in [9.17, 15) is 4.79 Å². The lowest BCUT2D eigenvalue weighted by molar-refractivity contribution is -0.279. The van der Waals surface area contributed by atoms with Crippen LogP contribution in [0.4, 0.5) is 10.5 Å². The zero-order valence-corrected chi connectivity index (χ0v) is 26.4. The maximum Gasteiger partial charge on any atom is 0.412 e. The minimum Gasteiger partial charge on any atom is -0.497 e. The van der Waals surface area contributed by atoms with Gasteiger partial charge in [0.1, 0.15) is 18.5 Å². The van der Waals surface area contributed by atoms with Gasteiger partial charge in [-0.1, -0.05) is 64.7 Å². The van der Waals surface area contributed by atoms with Gasteiger partial charge in [-0.15, -0.1) is 0 Å². The van der Waals surface area contributed by atoms with E-state index in [1.54, 1.807) is 31.4 Å². The molecule has 4 rings (SSSR count). The Morgan fingerprint density at radius 1 is 0.952 bits per heavy atom. The number of hydrogen-bond acceptors (Lipinski definition) is 8. The maximum absolute atomic E-state index is 13.2. The smallest absolute Gasteiger partial charge is 0.412 e. The van der Waals surface area contributed by atoms with Gasteiger partial charge < -0.3 is 33.3 Å². The zero-order valence-electron chi connectivity index (χ0n) is 26.4. The predicted molar refractivity (Wildman–Crippen MR) is 163 cm³/mol. The summed E-state index contributed by atoms with van der Waals surface area (Å²) in [5.41, 5.74) is 0.618. The van der Waals surface area contributed by atoms with E-state index in [2.05, 4.69) is 17.1 Å². The molecule has 9 heteroatoms. The Balaban J connectivity index is 1.39. The van der Waals surface area contributed by atoms with Crippen LogP contribution in [0, 0.1) is 0 Å². The second kappa shape index (κ2) is 16.2. The number of nitrogens with one attached hydrogen (secondary N) is 1. The van der Waals surface area contributed by atoms with Crippen molar-refractivity contribution < 1.29 is 33.2 Å². The van der Waals surface area contributed by atoms with Crippen molar-refractivity contribution in [3.05, 3.63) is 24.3 Å². The van der Waals surface area contributed by atoms with Crippen LogP contribution in [0.2, 0.25) is 0 Å². The molecule has 3 saturated heterocycles. The summed E-state index contributed by atoms with van der Waals surface area (Å²) < 4.78 is 37.0. The number of likely N-dealkylation sites (tertiary alicyclic amines) is 1. The van der Waals surface area contributed by atoms with Gasteiger partial charge in [0.05, 0.1) is 7.11 Å². The van der Waals surface area contributed by atoms with Gasteiger partial charge in [0.2, 0.25) is 5.79 Å². The van der Waals surface area contributed by atoms with E-state index in [1.807, 2.05) is 13.8 Å². The van der Waals surface area contributed by atoms with Crippen molar-refractivity contribution >= 4 is 11.8 Å². The second-order valence-electron chi connectivity index (χ2n) is 12.5. The van der Waals surface area contributed by atoms with Crippen LogP contribution in [0.1, 0.15) is 97.8 Å².